The lowest BCUT2D eigenvalue weighted by Crippen LogP contribution is -2.16. The lowest BCUT2D eigenvalue weighted by molar-refractivity contribution is 0.0265. The minimum atomic E-state index is -0.518. The van der Waals surface area contributed by atoms with E-state index in [9.17, 15) is 4.79 Å². The van der Waals surface area contributed by atoms with Crippen LogP contribution in [0.3, 0.4) is 0 Å². The maximum atomic E-state index is 11.6. The molecule has 29 heavy (non-hydrogen) atoms. The van der Waals surface area contributed by atoms with Crippen molar-refractivity contribution in [2.24, 2.45) is 12.8 Å². The second-order valence-corrected chi connectivity index (χ2v) is 6.82. The van der Waals surface area contributed by atoms with Crippen LogP contribution in [0.15, 0.2) is 42.6 Å². The Bertz CT molecular complexity index is 993. The van der Waals surface area contributed by atoms with Gasteiger partial charge in [0.05, 0.1) is 25.5 Å². The summed E-state index contributed by atoms with van der Waals surface area (Å²) in [5, 5.41) is 5.01. The van der Waals surface area contributed by atoms with Crippen molar-refractivity contribution in [2.45, 2.75) is 12.5 Å². The zero-order valence-corrected chi connectivity index (χ0v) is 16.2. The van der Waals surface area contributed by atoms with E-state index in [1.54, 1.807) is 35.1 Å². The van der Waals surface area contributed by atoms with Crippen LogP contribution in [0.2, 0.25) is 0 Å². The van der Waals surface area contributed by atoms with Crippen LogP contribution < -0.4 is 15.2 Å². The highest BCUT2D eigenvalue weighted by atomic mass is 16.6. The van der Waals surface area contributed by atoms with Gasteiger partial charge in [-0.3, -0.25) is 9.48 Å². The molecule has 0 unspecified atom stereocenters. The number of carbonyl (C=O) groups is 1. The van der Waals surface area contributed by atoms with Crippen molar-refractivity contribution in [2.75, 3.05) is 26.4 Å². The Morgan fingerprint density at radius 3 is 2.76 bits per heavy atom. The van der Waals surface area contributed by atoms with E-state index in [0.29, 0.717) is 36.9 Å². The molecule has 0 radical (unpaired) electrons. The number of hydrogen-bond acceptors (Lipinski definition) is 6. The third-order valence-electron chi connectivity index (χ3n) is 4.73. The van der Waals surface area contributed by atoms with Crippen molar-refractivity contribution in [3.63, 3.8) is 0 Å². The largest absolute Gasteiger partial charge is 0.491 e. The highest BCUT2D eigenvalue weighted by Crippen LogP contribution is 2.32. The zero-order valence-electron chi connectivity index (χ0n) is 16.2. The predicted octanol–water partition coefficient (Wildman–Crippen LogP) is 2.65. The lowest BCUT2D eigenvalue weighted by atomic mass is 10.1. The van der Waals surface area contributed by atoms with Gasteiger partial charge in [0.25, 0.3) is 0 Å². The molecule has 2 N–H and O–H groups in total. The van der Waals surface area contributed by atoms with Crippen LogP contribution in [0.5, 0.6) is 17.2 Å². The molecule has 152 valence electrons. The number of fused-ring (bicyclic) bond motifs is 1. The standard InChI is InChI=1S/C21H23N3O5/c1-24-20-15(12-23-24)10-14(21(22)25)11-19(20)29-17-4-2-16(3-5-17)27-8-9-28-18-6-7-26-13-18/h2-5,10-12,18H,6-9,13H2,1H3,(H2,22,25)/t18-/m1/s1. The first-order valence-corrected chi connectivity index (χ1v) is 9.46. The number of ether oxygens (including phenoxy) is 4. The SMILES string of the molecule is Cn1ncc2cc(C(N)=O)cc(Oc3ccc(OCCO[C@@H]4CCOC4)cc3)c21. The molecule has 8 nitrogen and oxygen atoms in total. The molecule has 1 amide bonds. The molecule has 0 saturated carbocycles. The quantitative estimate of drug-likeness (QED) is 0.587. The number of primary amides is 1. The highest BCUT2D eigenvalue weighted by Gasteiger charge is 2.16. The average Bonchev–Trinajstić information content (AvgIpc) is 3.36. The molecule has 1 atom stereocenters. The molecule has 1 aliphatic rings. The van der Waals surface area contributed by atoms with E-state index in [-0.39, 0.29) is 6.10 Å². The van der Waals surface area contributed by atoms with Crippen molar-refractivity contribution in [1.82, 2.24) is 9.78 Å². The monoisotopic (exact) mass is 397 g/mol. The second-order valence-electron chi connectivity index (χ2n) is 6.82. The molecule has 1 aromatic heterocycles. The van der Waals surface area contributed by atoms with Gasteiger partial charge in [-0.05, 0) is 42.8 Å². The number of rotatable bonds is 8. The Labute approximate surface area is 168 Å². The van der Waals surface area contributed by atoms with Crippen LogP contribution in [-0.2, 0) is 16.5 Å². The van der Waals surface area contributed by atoms with Gasteiger partial charge in [-0.15, -0.1) is 0 Å². The number of nitrogens with zero attached hydrogens (tertiary/aromatic N) is 2. The van der Waals surface area contributed by atoms with Gasteiger partial charge in [-0.1, -0.05) is 0 Å². The van der Waals surface area contributed by atoms with Gasteiger partial charge >= 0.3 is 0 Å². The molecular formula is C21H23N3O5. The lowest BCUT2D eigenvalue weighted by Gasteiger charge is -2.12. The van der Waals surface area contributed by atoms with E-state index in [2.05, 4.69) is 5.10 Å². The molecule has 8 heteroatoms. The molecule has 0 aliphatic carbocycles. The van der Waals surface area contributed by atoms with Crippen molar-refractivity contribution >= 4 is 16.8 Å². The topological polar surface area (TPSA) is 97.8 Å². The Kier molecular flexibility index (Phi) is 5.64. The molecule has 2 aromatic carbocycles. The molecule has 2 heterocycles. The van der Waals surface area contributed by atoms with Crippen LogP contribution in [0, 0.1) is 0 Å². The first-order valence-electron chi connectivity index (χ1n) is 9.46. The zero-order chi connectivity index (χ0) is 20.2. The van der Waals surface area contributed by atoms with Gasteiger partial charge in [0, 0.05) is 24.6 Å². The van der Waals surface area contributed by atoms with Gasteiger partial charge in [-0.25, -0.2) is 0 Å². The fourth-order valence-corrected chi connectivity index (χ4v) is 3.25. The summed E-state index contributed by atoms with van der Waals surface area (Å²) in [7, 11) is 1.82. The molecule has 0 spiro atoms. The minimum absolute atomic E-state index is 0.175. The normalized spacial score (nSPS) is 16.2. The number of aromatic nitrogens is 2. The summed E-state index contributed by atoms with van der Waals surface area (Å²) in [6.45, 7) is 2.41. The number of nitrogens with two attached hydrogens (primary N) is 1. The molecule has 0 bridgehead atoms. The molecule has 1 aliphatic heterocycles. The summed E-state index contributed by atoms with van der Waals surface area (Å²) in [6, 6.07) is 10.6. The third kappa shape index (κ3) is 4.49. The van der Waals surface area contributed by atoms with Gasteiger partial charge in [-0.2, -0.15) is 5.10 Å². The maximum Gasteiger partial charge on any atom is 0.248 e. The smallest absolute Gasteiger partial charge is 0.248 e. The van der Waals surface area contributed by atoms with Gasteiger partial charge < -0.3 is 24.7 Å². The van der Waals surface area contributed by atoms with Crippen LogP contribution >= 0.6 is 0 Å². The van der Waals surface area contributed by atoms with E-state index in [0.717, 1.165) is 29.7 Å². The van der Waals surface area contributed by atoms with E-state index in [1.165, 1.54) is 0 Å². The highest BCUT2D eigenvalue weighted by molar-refractivity contribution is 5.99. The number of amides is 1. The molecule has 3 aromatic rings. The summed E-state index contributed by atoms with van der Waals surface area (Å²) in [5.41, 5.74) is 6.59. The van der Waals surface area contributed by atoms with Gasteiger partial charge in [0.1, 0.15) is 23.6 Å². The Hall–Kier alpha value is -3.10. The first kappa shape index (κ1) is 19.2. The Morgan fingerprint density at radius 2 is 2.03 bits per heavy atom. The summed E-state index contributed by atoms with van der Waals surface area (Å²) in [5.74, 6) is 1.33. The van der Waals surface area contributed by atoms with Crippen molar-refractivity contribution in [3.05, 3.63) is 48.2 Å². The number of aryl methyl sites for hydroxylation is 1. The maximum absolute atomic E-state index is 11.6. The number of carbonyl (C=O) groups excluding carboxylic acids is 1. The Balaban J connectivity index is 1.40. The average molecular weight is 397 g/mol. The van der Waals surface area contributed by atoms with E-state index >= 15 is 0 Å². The fourth-order valence-electron chi connectivity index (χ4n) is 3.25. The fraction of sp³-hybridized carbons (Fsp3) is 0.333. The summed E-state index contributed by atoms with van der Waals surface area (Å²) >= 11 is 0. The van der Waals surface area contributed by atoms with Crippen molar-refractivity contribution < 1.29 is 23.7 Å². The minimum Gasteiger partial charge on any atom is -0.491 e. The van der Waals surface area contributed by atoms with E-state index in [1.807, 2.05) is 19.2 Å². The Morgan fingerprint density at radius 1 is 1.24 bits per heavy atom. The van der Waals surface area contributed by atoms with Crippen molar-refractivity contribution in [1.29, 1.82) is 0 Å². The predicted molar refractivity (Wildman–Crippen MR) is 106 cm³/mol. The summed E-state index contributed by atoms with van der Waals surface area (Å²) in [4.78, 5) is 11.6. The van der Waals surface area contributed by atoms with Crippen LogP contribution in [0.1, 0.15) is 16.8 Å². The molecular weight excluding hydrogens is 374 g/mol. The van der Waals surface area contributed by atoms with Crippen molar-refractivity contribution in [3.8, 4) is 17.2 Å². The first-order chi connectivity index (χ1) is 14.1. The van der Waals surface area contributed by atoms with E-state index in [4.69, 9.17) is 24.7 Å². The molecule has 4 rings (SSSR count). The van der Waals surface area contributed by atoms with Gasteiger partial charge in [0.15, 0.2) is 5.75 Å². The second kappa shape index (κ2) is 8.50. The van der Waals surface area contributed by atoms with Crippen LogP contribution in [0.4, 0.5) is 0 Å². The van der Waals surface area contributed by atoms with E-state index < -0.39 is 5.91 Å². The molecule has 1 saturated heterocycles. The van der Waals surface area contributed by atoms with Crippen LogP contribution in [0.25, 0.3) is 10.9 Å². The van der Waals surface area contributed by atoms with Gasteiger partial charge in [0.2, 0.25) is 5.91 Å². The summed E-state index contributed by atoms with van der Waals surface area (Å²) < 4.78 is 24.4. The summed E-state index contributed by atoms with van der Waals surface area (Å²) in [6.07, 6.45) is 2.78. The van der Waals surface area contributed by atoms with Crippen LogP contribution in [-0.4, -0.2) is 48.2 Å². The number of benzene rings is 2. The third-order valence-corrected chi connectivity index (χ3v) is 4.73. The molecule has 1 fully saturated rings. The number of hydrogen-bond donors (Lipinski definition) is 1.